The van der Waals surface area contributed by atoms with Crippen LogP contribution in [0, 0.1) is 0 Å². The largest absolute Gasteiger partial charge is 0.337 e. The Labute approximate surface area is 147 Å². The molecule has 0 fully saturated rings. The molecule has 0 bridgehead atoms. The lowest BCUT2D eigenvalue weighted by molar-refractivity contribution is 0.141. The Hall–Kier alpha value is -3.42. The zero-order valence-corrected chi connectivity index (χ0v) is 13.5. The molecule has 4 aromatic rings. The maximum absolute atomic E-state index is 12.6. The summed E-state index contributed by atoms with van der Waals surface area (Å²) in [5.74, 6) is -0.324. The molecule has 3 heterocycles. The summed E-state index contributed by atoms with van der Waals surface area (Å²) in [7, 11) is 0. The van der Waals surface area contributed by atoms with Gasteiger partial charge in [-0.2, -0.15) is 0 Å². The van der Waals surface area contributed by atoms with Crippen molar-refractivity contribution in [3.8, 4) is 22.5 Å². The highest BCUT2D eigenvalue weighted by atomic mass is 19.3. The van der Waals surface area contributed by atoms with Gasteiger partial charge in [-0.15, -0.1) is 5.10 Å². The van der Waals surface area contributed by atoms with Crippen molar-refractivity contribution in [3.05, 3.63) is 72.6 Å². The summed E-state index contributed by atoms with van der Waals surface area (Å²) in [6.45, 7) is 0.554. The standard InChI is InChI=1S/C18H14F2N6/c19-17(20)18-22-9-15(23-18)13-5-3-12(4-6-13)10-26-11-16(24-25-26)14-2-1-7-21-8-14/h1-9,11,17H,10H2,(H,22,23). The quantitative estimate of drug-likeness (QED) is 0.594. The van der Waals surface area contributed by atoms with Crippen LogP contribution in [0.4, 0.5) is 8.78 Å². The molecule has 8 heteroatoms. The first-order valence-corrected chi connectivity index (χ1v) is 7.92. The molecule has 3 aromatic heterocycles. The normalized spacial score (nSPS) is 11.2. The molecule has 130 valence electrons. The van der Waals surface area contributed by atoms with E-state index >= 15 is 0 Å². The summed E-state index contributed by atoms with van der Waals surface area (Å²) in [5, 5.41) is 8.29. The number of hydrogen-bond acceptors (Lipinski definition) is 4. The topological polar surface area (TPSA) is 72.3 Å². The van der Waals surface area contributed by atoms with Crippen LogP contribution in [0.15, 0.2) is 61.2 Å². The van der Waals surface area contributed by atoms with Crippen LogP contribution in [0.1, 0.15) is 17.8 Å². The van der Waals surface area contributed by atoms with E-state index in [0.717, 1.165) is 22.4 Å². The summed E-state index contributed by atoms with van der Waals surface area (Å²) in [5.41, 5.74) is 4.04. The van der Waals surface area contributed by atoms with Crippen molar-refractivity contribution in [1.82, 2.24) is 29.9 Å². The van der Waals surface area contributed by atoms with E-state index in [2.05, 4.69) is 25.3 Å². The van der Waals surface area contributed by atoms with Gasteiger partial charge in [-0.3, -0.25) is 4.98 Å². The number of nitrogens with one attached hydrogen (secondary N) is 1. The zero-order chi connectivity index (χ0) is 17.9. The molecule has 0 aliphatic rings. The van der Waals surface area contributed by atoms with Gasteiger partial charge in [0.2, 0.25) is 0 Å². The van der Waals surface area contributed by atoms with Crippen LogP contribution in [0.3, 0.4) is 0 Å². The van der Waals surface area contributed by atoms with Crippen LogP contribution in [0.5, 0.6) is 0 Å². The maximum atomic E-state index is 12.6. The molecule has 0 unspecified atom stereocenters. The Bertz CT molecular complexity index is 992. The van der Waals surface area contributed by atoms with E-state index in [9.17, 15) is 8.78 Å². The predicted molar refractivity (Wildman–Crippen MR) is 91.3 cm³/mol. The van der Waals surface area contributed by atoms with Crippen molar-refractivity contribution in [1.29, 1.82) is 0 Å². The Morgan fingerprint density at radius 2 is 1.88 bits per heavy atom. The molecule has 0 aliphatic heterocycles. The second kappa shape index (κ2) is 6.83. The summed E-state index contributed by atoms with van der Waals surface area (Å²) >= 11 is 0. The predicted octanol–water partition coefficient (Wildman–Crippen LogP) is 3.72. The number of aromatic amines is 1. The molecule has 0 spiro atoms. The van der Waals surface area contributed by atoms with Crippen molar-refractivity contribution in [2.75, 3.05) is 0 Å². The van der Waals surface area contributed by atoms with Gasteiger partial charge in [-0.1, -0.05) is 29.5 Å². The smallest absolute Gasteiger partial charge is 0.295 e. The molecule has 1 N–H and O–H groups in total. The third-order valence-electron chi connectivity index (χ3n) is 3.91. The first-order chi connectivity index (χ1) is 12.7. The number of rotatable bonds is 5. The second-order valence-corrected chi connectivity index (χ2v) is 5.72. The van der Waals surface area contributed by atoms with Crippen LogP contribution < -0.4 is 0 Å². The Balaban J connectivity index is 1.48. The van der Waals surface area contributed by atoms with Gasteiger partial charge in [0.05, 0.1) is 24.6 Å². The fourth-order valence-corrected chi connectivity index (χ4v) is 2.59. The van der Waals surface area contributed by atoms with E-state index < -0.39 is 6.43 Å². The highest BCUT2D eigenvalue weighted by Gasteiger charge is 2.12. The van der Waals surface area contributed by atoms with E-state index in [1.165, 1.54) is 6.20 Å². The first kappa shape index (κ1) is 16.1. The monoisotopic (exact) mass is 352 g/mol. The van der Waals surface area contributed by atoms with Gasteiger partial charge < -0.3 is 4.98 Å². The van der Waals surface area contributed by atoms with Gasteiger partial charge in [-0.25, -0.2) is 18.4 Å². The van der Waals surface area contributed by atoms with Crippen molar-refractivity contribution in [2.45, 2.75) is 13.0 Å². The number of halogens is 2. The van der Waals surface area contributed by atoms with Crippen molar-refractivity contribution in [3.63, 3.8) is 0 Å². The number of benzene rings is 1. The number of nitrogens with zero attached hydrogens (tertiary/aromatic N) is 5. The Kier molecular flexibility index (Phi) is 4.22. The Morgan fingerprint density at radius 1 is 1.04 bits per heavy atom. The van der Waals surface area contributed by atoms with Gasteiger partial charge in [0, 0.05) is 18.0 Å². The molecule has 0 amide bonds. The van der Waals surface area contributed by atoms with E-state index in [-0.39, 0.29) is 5.82 Å². The third kappa shape index (κ3) is 3.34. The lowest BCUT2D eigenvalue weighted by Crippen LogP contribution is -2.00. The van der Waals surface area contributed by atoms with Crippen LogP contribution in [-0.2, 0) is 6.54 Å². The van der Waals surface area contributed by atoms with Crippen molar-refractivity contribution < 1.29 is 8.78 Å². The Morgan fingerprint density at radius 3 is 2.58 bits per heavy atom. The van der Waals surface area contributed by atoms with Gasteiger partial charge in [0.25, 0.3) is 6.43 Å². The van der Waals surface area contributed by atoms with Crippen LogP contribution in [0.2, 0.25) is 0 Å². The van der Waals surface area contributed by atoms with Crippen LogP contribution >= 0.6 is 0 Å². The maximum Gasteiger partial charge on any atom is 0.295 e. The zero-order valence-electron chi connectivity index (χ0n) is 13.5. The lowest BCUT2D eigenvalue weighted by Gasteiger charge is -2.03. The molecule has 4 rings (SSSR count). The SMILES string of the molecule is FC(F)c1ncc(-c2ccc(Cn3cc(-c4cccnc4)nn3)cc2)[nH]1. The van der Waals surface area contributed by atoms with E-state index in [0.29, 0.717) is 12.2 Å². The van der Waals surface area contributed by atoms with Crippen molar-refractivity contribution in [2.24, 2.45) is 0 Å². The lowest BCUT2D eigenvalue weighted by atomic mass is 10.1. The first-order valence-electron chi connectivity index (χ1n) is 7.92. The number of aromatic nitrogens is 6. The molecular formula is C18H14F2N6. The average molecular weight is 352 g/mol. The summed E-state index contributed by atoms with van der Waals surface area (Å²) in [6, 6.07) is 11.3. The second-order valence-electron chi connectivity index (χ2n) is 5.72. The molecule has 1 aromatic carbocycles. The minimum absolute atomic E-state index is 0.324. The number of H-pyrrole nitrogens is 1. The molecule has 0 saturated heterocycles. The van der Waals surface area contributed by atoms with Gasteiger partial charge >= 0.3 is 0 Å². The van der Waals surface area contributed by atoms with Crippen LogP contribution in [-0.4, -0.2) is 29.9 Å². The van der Waals surface area contributed by atoms with Gasteiger partial charge in [-0.05, 0) is 23.3 Å². The molecule has 0 radical (unpaired) electrons. The average Bonchev–Trinajstić information content (AvgIpc) is 3.33. The van der Waals surface area contributed by atoms with Gasteiger partial charge in [0.15, 0.2) is 5.82 Å². The highest BCUT2D eigenvalue weighted by Crippen LogP contribution is 2.22. The van der Waals surface area contributed by atoms with Crippen molar-refractivity contribution >= 4 is 0 Å². The fourth-order valence-electron chi connectivity index (χ4n) is 2.59. The van der Waals surface area contributed by atoms with Crippen LogP contribution in [0.25, 0.3) is 22.5 Å². The van der Waals surface area contributed by atoms with E-state index in [1.54, 1.807) is 17.1 Å². The van der Waals surface area contributed by atoms with Gasteiger partial charge in [0.1, 0.15) is 5.69 Å². The van der Waals surface area contributed by atoms with E-state index in [4.69, 9.17) is 0 Å². The summed E-state index contributed by atoms with van der Waals surface area (Å²) in [6.07, 6.45) is 4.10. The summed E-state index contributed by atoms with van der Waals surface area (Å²) in [4.78, 5) is 10.4. The molecule has 0 atom stereocenters. The third-order valence-corrected chi connectivity index (χ3v) is 3.91. The van der Waals surface area contributed by atoms with E-state index in [1.807, 2.05) is 42.6 Å². The molecular weight excluding hydrogens is 338 g/mol. The number of imidazole rings is 1. The number of hydrogen-bond donors (Lipinski definition) is 1. The molecule has 0 aliphatic carbocycles. The molecule has 0 saturated carbocycles. The summed E-state index contributed by atoms with van der Waals surface area (Å²) < 4.78 is 27.0. The minimum Gasteiger partial charge on any atom is -0.337 e. The molecule has 6 nitrogen and oxygen atoms in total. The number of alkyl halides is 2. The highest BCUT2D eigenvalue weighted by molar-refractivity contribution is 5.59. The molecule has 26 heavy (non-hydrogen) atoms. The fraction of sp³-hybridized carbons (Fsp3) is 0.111. The number of pyridine rings is 1. The minimum atomic E-state index is -2.61.